The van der Waals surface area contributed by atoms with Crippen LogP contribution in [0.25, 0.3) is 0 Å². The maximum atomic E-state index is 12.3. The molecule has 0 radical (unpaired) electrons. The third kappa shape index (κ3) is 56.1. The fourth-order valence-electron chi connectivity index (χ4n) is 8.70. The minimum absolute atomic E-state index is 0.0786. The van der Waals surface area contributed by atoms with Gasteiger partial charge in [0, 0.05) is 12.8 Å². The summed E-state index contributed by atoms with van der Waals surface area (Å²) in [5.41, 5.74) is 0. The molecular weight excluding hydrogens is 825 g/mol. The smallest absolute Gasteiger partial charge is 0.306 e. The molecule has 0 aliphatic carbocycles. The number of aliphatic hydroxyl groups excluding tert-OH is 1. The van der Waals surface area contributed by atoms with E-state index in [9.17, 15) is 14.7 Å². The molecule has 0 amide bonds. The highest BCUT2D eigenvalue weighted by atomic mass is 16.6. The zero-order chi connectivity index (χ0) is 48.5. The van der Waals surface area contributed by atoms with E-state index in [4.69, 9.17) is 9.47 Å². The fraction of sp³-hybridized carbons (Fsp3) is 0.806. The Labute approximate surface area is 417 Å². The number of carbonyl (C=O) groups is 2. The van der Waals surface area contributed by atoms with E-state index in [1.54, 1.807) is 0 Å². The first-order valence-electron chi connectivity index (χ1n) is 29.3. The quantitative estimate of drug-likeness (QED) is 0.0374. The van der Waals surface area contributed by atoms with Crippen molar-refractivity contribution in [3.63, 3.8) is 0 Å². The monoisotopic (exact) mass is 937 g/mol. The standard InChI is InChI=1S/C62H112O5/c1-3-5-7-9-11-13-15-17-19-21-23-24-25-26-27-28-29-30-31-32-33-34-35-36-37-39-40-42-44-46-48-50-52-54-56-61(64)66-59-60(58-63)67-62(65)57-55-53-51-49-47-45-43-41-38-22-20-18-16-14-12-10-8-6-4-2/h6,8,12,14,18,20,38,41,45,47,60,63H,3-5,7,9-11,13,15-17,19,21-37,39-40,42-44,46,48-59H2,1-2H3/b8-6-,14-12-,20-18-,41-38-,47-45-. The van der Waals surface area contributed by atoms with Crippen LogP contribution in [-0.4, -0.2) is 36.4 Å². The summed E-state index contributed by atoms with van der Waals surface area (Å²) < 4.78 is 10.7. The van der Waals surface area contributed by atoms with E-state index < -0.39 is 6.10 Å². The largest absolute Gasteiger partial charge is 0.462 e. The Kier molecular flexibility index (Phi) is 55.8. The zero-order valence-electron chi connectivity index (χ0n) is 44.7. The van der Waals surface area contributed by atoms with Crippen LogP contribution < -0.4 is 0 Å². The van der Waals surface area contributed by atoms with Gasteiger partial charge in [0.2, 0.25) is 0 Å². The summed E-state index contributed by atoms with van der Waals surface area (Å²) in [7, 11) is 0. The van der Waals surface area contributed by atoms with E-state index in [2.05, 4.69) is 74.6 Å². The Bertz CT molecular complexity index is 1150. The normalized spacial score (nSPS) is 12.6. The van der Waals surface area contributed by atoms with Crippen LogP contribution in [0, 0.1) is 0 Å². The average Bonchev–Trinajstić information content (AvgIpc) is 3.33. The van der Waals surface area contributed by atoms with Gasteiger partial charge in [-0.05, 0) is 57.8 Å². The molecule has 1 atom stereocenters. The highest BCUT2D eigenvalue weighted by Gasteiger charge is 2.16. The lowest BCUT2D eigenvalue weighted by Crippen LogP contribution is -2.28. The highest BCUT2D eigenvalue weighted by molar-refractivity contribution is 5.70. The summed E-state index contributed by atoms with van der Waals surface area (Å²) in [5, 5.41) is 9.64. The Balaban J connectivity index is 3.43. The SMILES string of the molecule is CC/C=C\C/C=C\C/C=C\C/C=C\C/C=C\CCCCCC(=O)OC(CO)COC(=O)CCCCCCCCCCCCCCCCCCCCCCCCCCCCCCCCCCCC. The van der Waals surface area contributed by atoms with Gasteiger partial charge >= 0.3 is 11.9 Å². The molecule has 0 fully saturated rings. The number of allylic oxidation sites excluding steroid dienone is 10. The molecule has 0 saturated carbocycles. The van der Waals surface area contributed by atoms with Crippen LogP contribution in [-0.2, 0) is 19.1 Å². The van der Waals surface area contributed by atoms with Crippen LogP contribution in [0.1, 0.15) is 303 Å². The molecule has 1 unspecified atom stereocenters. The number of hydrogen-bond acceptors (Lipinski definition) is 5. The minimum Gasteiger partial charge on any atom is -0.462 e. The molecule has 0 aromatic rings. The van der Waals surface area contributed by atoms with Gasteiger partial charge in [-0.1, -0.05) is 293 Å². The molecule has 67 heavy (non-hydrogen) atoms. The lowest BCUT2D eigenvalue weighted by Gasteiger charge is -2.15. The topological polar surface area (TPSA) is 72.8 Å². The van der Waals surface area contributed by atoms with Crippen LogP contribution in [0.5, 0.6) is 0 Å². The van der Waals surface area contributed by atoms with Gasteiger partial charge in [0.25, 0.3) is 0 Å². The lowest BCUT2D eigenvalue weighted by atomic mass is 10.0. The molecule has 0 aliphatic heterocycles. The van der Waals surface area contributed by atoms with Crippen LogP contribution in [0.4, 0.5) is 0 Å². The first-order chi connectivity index (χ1) is 33.1. The Morgan fingerprint density at radius 2 is 0.642 bits per heavy atom. The van der Waals surface area contributed by atoms with E-state index in [1.807, 2.05) is 0 Å². The average molecular weight is 938 g/mol. The number of aliphatic hydroxyl groups is 1. The number of esters is 2. The molecule has 5 heteroatoms. The summed E-state index contributed by atoms with van der Waals surface area (Å²) in [5.74, 6) is -0.619. The Morgan fingerprint density at radius 1 is 0.358 bits per heavy atom. The first-order valence-corrected chi connectivity index (χ1v) is 29.3. The fourth-order valence-corrected chi connectivity index (χ4v) is 8.70. The number of unbranched alkanes of at least 4 members (excludes halogenated alkanes) is 36. The van der Waals surface area contributed by atoms with Crippen molar-refractivity contribution in [2.45, 2.75) is 309 Å². The number of hydrogen-bond donors (Lipinski definition) is 1. The van der Waals surface area contributed by atoms with E-state index >= 15 is 0 Å². The van der Waals surface area contributed by atoms with E-state index in [0.29, 0.717) is 12.8 Å². The second-order valence-corrected chi connectivity index (χ2v) is 19.7. The van der Waals surface area contributed by atoms with Gasteiger partial charge in [-0.25, -0.2) is 0 Å². The summed E-state index contributed by atoms with van der Waals surface area (Å²) in [4.78, 5) is 24.5. The van der Waals surface area contributed by atoms with Crippen LogP contribution in [0.2, 0.25) is 0 Å². The van der Waals surface area contributed by atoms with Gasteiger partial charge in [0.1, 0.15) is 6.61 Å². The molecule has 0 rings (SSSR count). The van der Waals surface area contributed by atoms with Crippen molar-refractivity contribution in [2.75, 3.05) is 13.2 Å². The molecule has 0 aliphatic rings. The Morgan fingerprint density at radius 3 is 0.970 bits per heavy atom. The predicted octanol–water partition coefficient (Wildman–Crippen LogP) is 19.8. The zero-order valence-corrected chi connectivity index (χ0v) is 44.7. The maximum absolute atomic E-state index is 12.3. The van der Waals surface area contributed by atoms with Crippen molar-refractivity contribution in [3.8, 4) is 0 Å². The summed E-state index contributed by atoms with van der Waals surface area (Å²) in [6.45, 7) is 4.03. The molecule has 0 bridgehead atoms. The second kappa shape index (κ2) is 57.9. The van der Waals surface area contributed by atoms with Gasteiger partial charge in [-0.3, -0.25) is 9.59 Å². The second-order valence-electron chi connectivity index (χ2n) is 19.7. The third-order valence-electron chi connectivity index (χ3n) is 13.1. The van der Waals surface area contributed by atoms with Crippen LogP contribution in [0.3, 0.4) is 0 Å². The highest BCUT2D eigenvalue weighted by Crippen LogP contribution is 2.18. The van der Waals surface area contributed by atoms with Crippen LogP contribution >= 0.6 is 0 Å². The summed E-state index contributed by atoms with van der Waals surface area (Å²) in [6, 6.07) is 0. The molecule has 1 N–H and O–H groups in total. The lowest BCUT2D eigenvalue weighted by molar-refractivity contribution is -0.161. The van der Waals surface area contributed by atoms with Gasteiger partial charge in [0.15, 0.2) is 6.10 Å². The first kappa shape index (κ1) is 64.6. The minimum atomic E-state index is -0.791. The van der Waals surface area contributed by atoms with Gasteiger partial charge in [-0.2, -0.15) is 0 Å². The van der Waals surface area contributed by atoms with Crippen molar-refractivity contribution in [1.29, 1.82) is 0 Å². The van der Waals surface area contributed by atoms with E-state index in [0.717, 1.165) is 77.0 Å². The predicted molar refractivity (Wildman–Crippen MR) is 293 cm³/mol. The van der Waals surface area contributed by atoms with Crippen LogP contribution in [0.15, 0.2) is 60.8 Å². The number of carbonyl (C=O) groups excluding carboxylic acids is 2. The van der Waals surface area contributed by atoms with E-state index in [-0.39, 0.29) is 25.2 Å². The van der Waals surface area contributed by atoms with Crippen molar-refractivity contribution in [2.24, 2.45) is 0 Å². The molecule has 0 aromatic heterocycles. The van der Waals surface area contributed by atoms with Gasteiger partial charge in [-0.15, -0.1) is 0 Å². The molecule has 0 saturated heterocycles. The van der Waals surface area contributed by atoms with Crippen molar-refractivity contribution < 1.29 is 24.2 Å². The van der Waals surface area contributed by atoms with Crippen molar-refractivity contribution in [1.82, 2.24) is 0 Å². The maximum Gasteiger partial charge on any atom is 0.306 e. The third-order valence-corrected chi connectivity index (χ3v) is 13.1. The molecule has 0 heterocycles. The van der Waals surface area contributed by atoms with E-state index in [1.165, 1.54) is 199 Å². The molecule has 390 valence electrons. The number of rotatable bonds is 54. The Hall–Kier alpha value is -2.40. The molecule has 0 spiro atoms. The molecular formula is C62H112O5. The summed E-state index contributed by atoms with van der Waals surface area (Å²) >= 11 is 0. The van der Waals surface area contributed by atoms with Gasteiger partial charge in [0.05, 0.1) is 6.61 Å². The number of ether oxygens (including phenoxy) is 2. The molecule has 5 nitrogen and oxygen atoms in total. The van der Waals surface area contributed by atoms with Crippen molar-refractivity contribution >= 4 is 11.9 Å². The summed E-state index contributed by atoms with van der Waals surface area (Å²) in [6.07, 6.45) is 78.0. The van der Waals surface area contributed by atoms with Crippen molar-refractivity contribution in [3.05, 3.63) is 60.8 Å². The van der Waals surface area contributed by atoms with Gasteiger partial charge < -0.3 is 14.6 Å². The molecule has 0 aromatic carbocycles.